The smallest absolute Gasteiger partial charge is 0.255 e. The minimum absolute atomic E-state index is 0.165. The predicted octanol–water partition coefficient (Wildman–Crippen LogP) is 1.98. The van der Waals surface area contributed by atoms with Gasteiger partial charge in [-0.15, -0.1) is 0 Å². The van der Waals surface area contributed by atoms with Crippen LogP contribution in [0.5, 0.6) is 0 Å². The Bertz CT molecular complexity index is 726. The molecule has 1 aromatic heterocycles. The van der Waals surface area contributed by atoms with E-state index >= 15 is 0 Å². The lowest BCUT2D eigenvalue weighted by atomic mass is 9.93. The molecule has 0 aliphatic rings. The lowest BCUT2D eigenvalue weighted by molar-refractivity contribution is -0.308. The second kappa shape index (κ2) is 6.91. The number of furan rings is 1. The Labute approximate surface area is 141 Å². The maximum atomic E-state index is 12.4. The van der Waals surface area contributed by atoms with E-state index in [4.69, 9.17) is 4.42 Å². The SMILES string of the molecule is Cc1oc(C(C)(C)C)cc1C(=O)NC(Cc1ccccc1)C(=O)[O-]. The summed E-state index contributed by atoms with van der Waals surface area (Å²) < 4.78 is 5.64. The topological polar surface area (TPSA) is 82.4 Å². The molecular weight excluding hydrogens is 306 g/mol. The second-order valence-electron chi connectivity index (χ2n) is 6.87. The van der Waals surface area contributed by atoms with Crippen LogP contribution in [0.3, 0.4) is 0 Å². The molecule has 2 aromatic rings. The zero-order chi connectivity index (χ0) is 17.9. The van der Waals surface area contributed by atoms with Gasteiger partial charge >= 0.3 is 0 Å². The summed E-state index contributed by atoms with van der Waals surface area (Å²) in [7, 11) is 0. The van der Waals surface area contributed by atoms with Crippen LogP contribution in [0, 0.1) is 6.92 Å². The molecule has 5 heteroatoms. The van der Waals surface area contributed by atoms with Crippen molar-refractivity contribution in [2.75, 3.05) is 0 Å². The number of nitrogens with one attached hydrogen (secondary N) is 1. The van der Waals surface area contributed by atoms with Crippen LogP contribution in [0.2, 0.25) is 0 Å². The molecular formula is C19H22NO4-. The monoisotopic (exact) mass is 328 g/mol. The van der Waals surface area contributed by atoms with Crippen LogP contribution in [0.15, 0.2) is 40.8 Å². The standard InChI is InChI=1S/C19H23NO4/c1-12-14(11-16(24-12)19(2,3)4)17(21)20-15(18(22)23)10-13-8-6-5-7-9-13/h5-9,11,15H,10H2,1-4H3,(H,20,21)(H,22,23)/p-1. The molecule has 1 N–H and O–H groups in total. The van der Waals surface area contributed by atoms with Crippen molar-refractivity contribution < 1.29 is 19.1 Å². The molecule has 0 saturated carbocycles. The molecule has 1 aromatic carbocycles. The van der Waals surface area contributed by atoms with E-state index in [1.54, 1.807) is 13.0 Å². The first kappa shape index (κ1) is 17.8. The van der Waals surface area contributed by atoms with Gasteiger partial charge in [0.15, 0.2) is 0 Å². The number of hydrogen-bond acceptors (Lipinski definition) is 4. The minimum atomic E-state index is -1.32. The normalized spacial score (nSPS) is 12.7. The number of aryl methyl sites for hydroxylation is 1. The summed E-state index contributed by atoms with van der Waals surface area (Å²) in [6.07, 6.45) is 0.165. The van der Waals surface area contributed by atoms with Gasteiger partial charge in [0.1, 0.15) is 11.5 Å². The Morgan fingerprint density at radius 2 is 1.83 bits per heavy atom. The van der Waals surface area contributed by atoms with Crippen molar-refractivity contribution in [3.05, 3.63) is 59.0 Å². The number of aliphatic carboxylic acids is 1. The van der Waals surface area contributed by atoms with Gasteiger partial charge in [-0.25, -0.2) is 0 Å². The van der Waals surface area contributed by atoms with E-state index in [9.17, 15) is 14.7 Å². The maximum absolute atomic E-state index is 12.4. The van der Waals surface area contributed by atoms with Gasteiger partial charge in [0.05, 0.1) is 17.6 Å². The zero-order valence-corrected chi connectivity index (χ0v) is 14.4. The molecule has 0 aliphatic carbocycles. The van der Waals surface area contributed by atoms with Gasteiger partial charge in [0, 0.05) is 5.41 Å². The molecule has 5 nitrogen and oxygen atoms in total. The first-order valence-electron chi connectivity index (χ1n) is 7.85. The second-order valence-corrected chi connectivity index (χ2v) is 6.87. The van der Waals surface area contributed by atoms with Gasteiger partial charge in [-0.3, -0.25) is 4.79 Å². The van der Waals surface area contributed by atoms with Gasteiger partial charge in [-0.2, -0.15) is 0 Å². The number of carbonyl (C=O) groups is 2. The number of carboxylic acids is 1. The summed E-state index contributed by atoms with van der Waals surface area (Å²) in [6.45, 7) is 7.63. The fourth-order valence-electron chi connectivity index (χ4n) is 2.36. The summed E-state index contributed by atoms with van der Waals surface area (Å²) in [4.78, 5) is 23.8. The number of rotatable bonds is 5. The van der Waals surface area contributed by atoms with Crippen LogP contribution < -0.4 is 10.4 Å². The third-order valence-corrected chi connectivity index (χ3v) is 3.77. The predicted molar refractivity (Wildman–Crippen MR) is 88.6 cm³/mol. The average Bonchev–Trinajstić information content (AvgIpc) is 2.89. The van der Waals surface area contributed by atoms with E-state index in [0.29, 0.717) is 17.1 Å². The van der Waals surface area contributed by atoms with Crippen molar-refractivity contribution in [2.45, 2.75) is 45.6 Å². The molecule has 0 saturated heterocycles. The minimum Gasteiger partial charge on any atom is -0.548 e. The fourth-order valence-corrected chi connectivity index (χ4v) is 2.36. The molecule has 128 valence electrons. The van der Waals surface area contributed by atoms with E-state index in [-0.39, 0.29) is 11.8 Å². The molecule has 24 heavy (non-hydrogen) atoms. The van der Waals surface area contributed by atoms with Crippen molar-refractivity contribution in [1.29, 1.82) is 0 Å². The van der Waals surface area contributed by atoms with Crippen molar-refractivity contribution in [3.63, 3.8) is 0 Å². The summed E-state index contributed by atoms with van der Waals surface area (Å²) in [5, 5.41) is 13.9. The third-order valence-electron chi connectivity index (χ3n) is 3.77. The van der Waals surface area contributed by atoms with E-state index in [1.165, 1.54) is 0 Å². The summed E-state index contributed by atoms with van der Waals surface area (Å²) >= 11 is 0. The Kier molecular flexibility index (Phi) is 5.12. The van der Waals surface area contributed by atoms with Gasteiger partial charge < -0.3 is 19.6 Å². The van der Waals surface area contributed by atoms with Crippen LogP contribution >= 0.6 is 0 Å². The molecule has 1 unspecified atom stereocenters. The van der Waals surface area contributed by atoms with Gasteiger partial charge in [0.2, 0.25) is 0 Å². The first-order valence-corrected chi connectivity index (χ1v) is 7.85. The van der Waals surface area contributed by atoms with Crippen molar-refractivity contribution >= 4 is 11.9 Å². The molecule has 0 aliphatic heterocycles. The zero-order valence-electron chi connectivity index (χ0n) is 14.4. The fraction of sp³-hybridized carbons (Fsp3) is 0.368. The summed E-state index contributed by atoms with van der Waals surface area (Å²) in [5.41, 5.74) is 0.923. The number of carboxylic acid groups (broad SMARTS) is 1. The largest absolute Gasteiger partial charge is 0.548 e. The number of benzene rings is 1. The quantitative estimate of drug-likeness (QED) is 0.910. The lowest BCUT2D eigenvalue weighted by Gasteiger charge is -2.19. The Hall–Kier alpha value is -2.56. The molecule has 0 bridgehead atoms. The highest BCUT2D eigenvalue weighted by Crippen LogP contribution is 2.27. The number of carbonyl (C=O) groups excluding carboxylic acids is 2. The van der Waals surface area contributed by atoms with Crippen LogP contribution in [-0.2, 0) is 16.6 Å². The van der Waals surface area contributed by atoms with Crippen molar-refractivity contribution in [3.8, 4) is 0 Å². The third kappa shape index (κ3) is 4.25. The van der Waals surface area contributed by atoms with E-state index < -0.39 is 17.9 Å². The number of hydrogen-bond donors (Lipinski definition) is 1. The van der Waals surface area contributed by atoms with E-state index in [0.717, 1.165) is 5.56 Å². The van der Waals surface area contributed by atoms with Crippen molar-refractivity contribution in [1.82, 2.24) is 5.32 Å². The van der Waals surface area contributed by atoms with Crippen LogP contribution in [0.25, 0.3) is 0 Å². The highest BCUT2D eigenvalue weighted by atomic mass is 16.4. The highest BCUT2D eigenvalue weighted by molar-refractivity contribution is 5.97. The van der Waals surface area contributed by atoms with E-state index in [2.05, 4.69) is 5.32 Å². The Morgan fingerprint density at radius 1 is 1.21 bits per heavy atom. The first-order chi connectivity index (χ1) is 11.2. The van der Waals surface area contributed by atoms with Gasteiger partial charge in [-0.05, 0) is 25.0 Å². The Balaban J connectivity index is 2.17. The Morgan fingerprint density at radius 3 is 2.33 bits per heavy atom. The molecule has 1 amide bonds. The average molecular weight is 328 g/mol. The summed E-state index contributed by atoms with van der Waals surface area (Å²) in [6, 6.07) is 9.66. The summed E-state index contributed by atoms with van der Waals surface area (Å²) in [5.74, 6) is -0.645. The van der Waals surface area contributed by atoms with Gasteiger partial charge in [0.25, 0.3) is 5.91 Å². The van der Waals surface area contributed by atoms with Gasteiger partial charge in [-0.1, -0.05) is 51.1 Å². The lowest BCUT2D eigenvalue weighted by Crippen LogP contribution is -2.49. The van der Waals surface area contributed by atoms with Crippen LogP contribution in [0.1, 0.15) is 48.2 Å². The molecule has 0 spiro atoms. The molecule has 2 rings (SSSR count). The van der Waals surface area contributed by atoms with Crippen LogP contribution in [-0.4, -0.2) is 17.9 Å². The molecule has 0 fully saturated rings. The highest BCUT2D eigenvalue weighted by Gasteiger charge is 2.24. The van der Waals surface area contributed by atoms with Crippen LogP contribution in [0.4, 0.5) is 0 Å². The number of amides is 1. The van der Waals surface area contributed by atoms with Crippen molar-refractivity contribution in [2.24, 2.45) is 0 Å². The molecule has 1 atom stereocenters. The molecule has 0 radical (unpaired) electrons. The maximum Gasteiger partial charge on any atom is 0.255 e. The van der Waals surface area contributed by atoms with E-state index in [1.807, 2.05) is 51.1 Å². The molecule has 1 heterocycles.